The number of hydrogen-bond donors (Lipinski definition) is 12. The van der Waals surface area contributed by atoms with E-state index >= 15 is 0 Å². The number of ether oxygens (including phenoxy) is 6. The van der Waals surface area contributed by atoms with Crippen LogP contribution in [-0.4, -0.2) is 193 Å². The summed E-state index contributed by atoms with van der Waals surface area (Å²) in [5.41, 5.74) is 0. The monoisotopic (exact) mass is 970 g/mol. The Bertz CT molecular complexity index is 1250. The third-order valence-corrected chi connectivity index (χ3v) is 13.4. The van der Waals surface area contributed by atoms with Gasteiger partial charge in [0.05, 0.1) is 38.6 Å². The van der Waals surface area contributed by atoms with Crippen LogP contribution >= 0.6 is 0 Å². The van der Waals surface area contributed by atoms with Crippen LogP contribution in [-0.2, 0) is 33.2 Å². The van der Waals surface area contributed by atoms with Crippen molar-refractivity contribution in [1.82, 2.24) is 5.32 Å². The standard InChI is InChI=1S/C48H91NO18/c1-3-5-7-8-9-10-11-12-13-14-15-16-17-18-19-20-21-22-23-24-25-32(53)31(49-36(54)26-6-4-2)30-62-46-42(60)39(57)44(34(28-51)64-46)67-48-43(61)40(58)45(35(29-52)65-48)66-47-41(59)38(56)37(55)33(27-50)63-47/h31-35,37-48,50-53,55-61H,3-30H2,1-2H3,(H,49,54). The third kappa shape index (κ3) is 20.4. The third-order valence-electron chi connectivity index (χ3n) is 13.4. The normalized spacial score (nSPS) is 33.4. The topological polar surface area (TPSA) is 307 Å². The number of nitrogens with one attached hydrogen (secondary N) is 1. The first-order chi connectivity index (χ1) is 32.3. The van der Waals surface area contributed by atoms with E-state index in [0.717, 1.165) is 32.1 Å². The van der Waals surface area contributed by atoms with Gasteiger partial charge in [-0.3, -0.25) is 4.79 Å². The van der Waals surface area contributed by atoms with Gasteiger partial charge in [-0.1, -0.05) is 149 Å². The van der Waals surface area contributed by atoms with Crippen LogP contribution < -0.4 is 5.32 Å². The highest BCUT2D eigenvalue weighted by Crippen LogP contribution is 2.33. The molecule has 1 amide bonds. The number of hydrogen-bond acceptors (Lipinski definition) is 18. The molecule has 12 N–H and O–H groups in total. The highest BCUT2D eigenvalue weighted by Gasteiger charge is 2.53. The minimum Gasteiger partial charge on any atom is -0.394 e. The van der Waals surface area contributed by atoms with Crippen molar-refractivity contribution in [2.45, 2.75) is 272 Å². The lowest BCUT2D eigenvalue weighted by atomic mass is 9.96. The Hall–Kier alpha value is -1.21. The molecule has 0 aromatic heterocycles. The van der Waals surface area contributed by atoms with E-state index in [0.29, 0.717) is 12.8 Å². The Kier molecular flexibility index (Phi) is 30.7. The average Bonchev–Trinajstić information content (AvgIpc) is 3.32. The van der Waals surface area contributed by atoms with Crippen LogP contribution in [0.25, 0.3) is 0 Å². The number of aliphatic hydroxyl groups excluding tert-OH is 11. The molecule has 0 saturated carbocycles. The summed E-state index contributed by atoms with van der Waals surface area (Å²) >= 11 is 0. The first kappa shape index (κ1) is 60.1. The van der Waals surface area contributed by atoms with Crippen LogP contribution in [0.3, 0.4) is 0 Å². The fourth-order valence-corrected chi connectivity index (χ4v) is 9.05. The Morgan fingerprint density at radius 2 is 0.851 bits per heavy atom. The van der Waals surface area contributed by atoms with Gasteiger partial charge in [0.15, 0.2) is 18.9 Å². The zero-order valence-electron chi connectivity index (χ0n) is 40.4. The predicted molar refractivity (Wildman–Crippen MR) is 245 cm³/mol. The summed E-state index contributed by atoms with van der Waals surface area (Å²) in [5.74, 6) is -0.278. The van der Waals surface area contributed by atoms with Crippen LogP contribution in [0.2, 0.25) is 0 Å². The van der Waals surface area contributed by atoms with E-state index in [1.807, 2.05) is 6.92 Å². The molecule has 17 atom stereocenters. The Morgan fingerprint density at radius 1 is 0.478 bits per heavy atom. The van der Waals surface area contributed by atoms with Crippen LogP contribution in [0.1, 0.15) is 168 Å². The van der Waals surface area contributed by atoms with Crippen molar-refractivity contribution in [2.24, 2.45) is 0 Å². The molecule has 3 rings (SSSR count). The molecule has 3 saturated heterocycles. The fourth-order valence-electron chi connectivity index (χ4n) is 9.05. The lowest BCUT2D eigenvalue weighted by Crippen LogP contribution is -2.66. The summed E-state index contributed by atoms with van der Waals surface area (Å²) in [6.07, 6.45) is 0.799. The Morgan fingerprint density at radius 3 is 1.28 bits per heavy atom. The molecular weight excluding hydrogens is 879 g/mol. The molecule has 19 heteroatoms. The Labute approximate surface area is 398 Å². The molecular formula is C48H91NO18. The van der Waals surface area contributed by atoms with E-state index in [2.05, 4.69) is 12.2 Å². The van der Waals surface area contributed by atoms with Gasteiger partial charge < -0.3 is 89.9 Å². The van der Waals surface area contributed by atoms with Crippen molar-refractivity contribution >= 4 is 5.91 Å². The molecule has 19 nitrogen and oxygen atoms in total. The van der Waals surface area contributed by atoms with Gasteiger partial charge in [0.2, 0.25) is 5.91 Å². The molecule has 0 aliphatic carbocycles. The molecule has 396 valence electrons. The van der Waals surface area contributed by atoms with Crippen molar-refractivity contribution in [2.75, 3.05) is 26.4 Å². The molecule has 17 unspecified atom stereocenters. The molecule has 3 aliphatic heterocycles. The number of carbonyl (C=O) groups is 1. The van der Waals surface area contributed by atoms with Crippen molar-refractivity contribution in [3.63, 3.8) is 0 Å². The second kappa shape index (κ2) is 34.2. The van der Waals surface area contributed by atoms with Gasteiger partial charge in [0, 0.05) is 6.42 Å². The number of rotatable bonds is 36. The summed E-state index contributed by atoms with van der Waals surface area (Å²) in [6, 6.07) is -0.875. The molecule has 0 bridgehead atoms. The Balaban J connectivity index is 1.42. The fraction of sp³-hybridized carbons (Fsp3) is 0.979. The molecule has 0 aromatic carbocycles. The minimum atomic E-state index is -1.97. The minimum absolute atomic E-state index is 0.244. The van der Waals surface area contributed by atoms with E-state index in [4.69, 9.17) is 28.4 Å². The van der Waals surface area contributed by atoms with Gasteiger partial charge in [-0.2, -0.15) is 0 Å². The molecule has 0 spiro atoms. The number of aliphatic hydroxyl groups is 11. The van der Waals surface area contributed by atoms with E-state index in [1.54, 1.807) is 0 Å². The first-order valence-corrected chi connectivity index (χ1v) is 25.8. The number of carbonyl (C=O) groups excluding carboxylic acids is 1. The molecule has 3 aliphatic rings. The summed E-state index contributed by atoms with van der Waals surface area (Å²) < 4.78 is 33.9. The molecule has 67 heavy (non-hydrogen) atoms. The van der Waals surface area contributed by atoms with Gasteiger partial charge >= 0.3 is 0 Å². The SMILES string of the molecule is CCCCCCCCCCCCCCCCCCCCCCC(O)C(COC1OC(CO)C(OC2OC(CO)C(OC3OC(CO)C(O)C(O)C3O)C(O)C2O)C(O)C1O)NC(=O)CCCC. The average molecular weight is 970 g/mol. The summed E-state index contributed by atoms with van der Waals surface area (Å²) in [4.78, 5) is 12.8. The van der Waals surface area contributed by atoms with E-state index in [-0.39, 0.29) is 18.9 Å². The lowest BCUT2D eigenvalue weighted by Gasteiger charge is -2.48. The quantitative estimate of drug-likeness (QED) is 0.0398. The zero-order valence-corrected chi connectivity index (χ0v) is 40.4. The largest absolute Gasteiger partial charge is 0.394 e. The van der Waals surface area contributed by atoms with Crippen molar-refractivity contribution in [3.05, 3.63) is 0 Å². The molecule has 0 radical (unpaired) electrons. The zero-order chi connectivity index (χ0) is 49.1. The van der Waals surface area contributed by atoms with Gasteiger partial charge in [-0.25, -0.2) is 0 Å². The smallest absolute Gasteiger partial charge is 0.220 e. The molecule has 0 aromatic rings. The van der Waals surface area contributed by atoms with Crippen LogP contribution in [0.4, 0.5) is 0 Å². The maximum absolute atomic E-state index is 12.8. The highest BCUT2D eigenvalue weighted by atomic mass is 16.8. The number of unbranched alkanes of at least 4 members (excludes halogenated alkanes) is 20. The first-order valence-electron chi connectivity index (χ1n) is 25.8. The molecule has 3 fully saturated rings. The highest BCUT2D eigenvalue weighted by molar-refractivity contribution is 5.76. The van der Waals surface area contributed by atoms with Crippen molar-refractivity contribution < 1.29 is 89.4 Å². The van der Waals surface area contributed by atoms with E-state index in [1.165, 1.54) is 103 Å². The van der Waals surface area contributed by atoms with Crippen LogP contribution in [0.15, 0.2) is 0 Å². The van der Waals surface area contributed by atoms with Gasteiger partial charge in [0.1, 0.15) is 73.2 Å². The number of amides is 1. The predicted octanol–water partition coefficient (Wildman–Crippen LogP) is 1.70. The van der Waals surface area contributed by atoms with Gasteiger partial charge in [0.25, 0.3) is 0 Å². The second-order valence-electron chi connectivity index (χ2n) is 19.0. The summed E-state index contributed by atoms with van der Waals surface area (Å²) in [7, 11) is 0. The van der Waals surface area contributed by atoms with E-state index in [9.17, 15) is 61.0 Å². The van der Waals surface area contributed by atoms with Gasteiger partial charge in [-0.15, -0.1) is 0 Å². The van der Waals surface area contributed by atoms with Crippen LogP contribution in [0, 0.1) is 0 Å². The van der Waals surface area contributed by atoms with Crippen LogP contribution in [0.5, 0.6) is 0 Å². The van der Waals surface area contributed by atoms with E-state index < -0.39 is 124 Å². The van der Waals surface area contributed by atoms with Crippen molar-refractivity contribution in [1.29, 1.82) is 0 Å². The lowest BCUT2D eigenvalue weighted by molar-refractivity contribution is -0.379. The summed E-state index contributed by atoms with van der Waals surface area (Å²) in [5, 5.41) is 119. The van der Waals surface area contributed by atoms with Gasteiger partial charge in [-0.05, 0) is 12.8 Å². The maximum Gasteiger partial charge on any atom is 0.220 e. The molecule has 3 heterocycles. The summed E-state index contributed by atoms with van der Waals surface area (Å²) in [6.45, 7) is 1.52. The van der Waals surface area contributed by atoms with Crippen molar-refractivity contribution in [3.8, 4) is 0 Å². The second-order valence-corrected chi connectivity index (χ2v) is 19.0. The maximum atomic E-state index is 12.8.